The molecule has 0 fully saturated rings. The van der Waals surface area contributed by atoms with Gasteiger partial charge in [-0.2, -0.15) is 0 Å². The molecule has 0 aromatic rings. The summed E-state index contributed by atoms with van der Waals surface area (Å²) in [5.41, 5.74) is 0.543. The second-order valence-electron chi connectivity index (χ2n) is 10.6. The van der Waals surface area contributed by atoms with Gasteiger partial charge in [0, 0.05) is 0 Å². The number of hydrogen-bond acceptors (Lipinski definition) is 0. The predicted molar refractivity (Wildman–Crippen MR) is 126 cm³/mol. The average molecular weight is 381 g/mol. The molecule has 0 radical (unpaired) electrons. The number of hydrogen-bond donors (Lipinski definition) is 0. The van der Waals surface area contributed by atoms with E-state index >= 15 is 0 Å². The molecule has 0 aliphatic heterocycles. The van der Waals surface area contributed by atoms with Gasteiger partial charge in [-0.15, -0.1) is 0 Å². The largest absolute Gasteiger partial charge is 0.0654 e. The predicted octanol–water partition coefficient (Wildman–Crippen LogP) is 10.1. The zero-order valence-electron chi connectivity index (χ0n) is 20.7. The highest BCUT2D eigenvalue weighted by atomic mass is 14.4. The Morgan fingerprint density at radius 3 is 1.81 bits per heavy atom. The van der Waals surface area contributed by atoms with Crippen LogP contribution >= 0.6 is 0 Å². The van der Waals surface area contributed by atoms with Crippen LogP contribution < -0.4 is 0 Å². The Bertz CT molecular complexity index is 318. The standard InChI is InChI=1S/C27H56/c1-9-12-13-14-15-16-18-26(25(7)20-19-23(4)5)27(8,11-3)22-21-24(6)17-10-2/h23-26H,9-22H2,1-8H3. The fraction of sp³-hybridized carbons (Fsp3) is 1.00. The molecule has 0 heterocycles. The molecular formula is C27H56. The van der Waals surface area contributed by atoms with E-state index in [0.717, 1.165) is 23.7 Å². The highest BCUT2D eigenvalue weighted by Gasteiger charge is 2.35. The zero-order valence-corrected chi connectivity index (χ0v) is 20.7. The van der Waals surface area contributed by atoms with E-state index in [9.17, 15) is 0 Å². The molecule has 0 rings (SSSR count). The van der Waals surface area contributed by atoms with Gasteiger partial charge in [-0.1, -0.05) is 132 Å². The van der Waals surface area contributed by atoms with E-state index in [0.29, 0.717) is 5.41 Å². The third kappa shape index (κ3) is 12.2. The van der Waals surface area contributed by atoms with Gasteiger partial charge in [0.05, 0.1) is 0 Å². The first-order valence-corrected chi connectivity index (χ1v) is 12.8. The van der Waals surface area contributed by atoms with Crippen LogP contribution in [0.25, 0.3) is 0 Å². The normalized spacial score (nSPS) is 17.7. The maximum absolute atomic E-state index is 2.64. The summed E-state index contributed by atoms with van der Waals surface area (Å²) in [7, 11) is 0. The molecule has 27 heavy (non-hydrogen) atoms. The highest BCUT2D eigenvalue weighted by molar-refractivity contribution is 4.85. The fourth-order valence-corrected chi connectivity index (χ4v) is 5.10. The topological polar surface area (TPSA) is 0 Å². The van der Waals surface area contributed by atoms with Crippen molar-refractivity contribution in [2.24, 2.45) is 29.1 Å². The summed E-state index contributed by atoms with van der Waals surface area (Å²) in [6.07, 6.45) is 19.9. The summed E-state index contributed by atoms with van der Waals surface area (Å²) >= 11 is 0. The lowest BCUT2D eigenvalue weighted by molar-refractivity contribution is 0.0816. The van der Waals surface area contributed by atoms with Crippen molar-refractivity contribution in [3.8, 4) is 0 Å². The van der Waals surface area contributed by atoms with Crippen LogP contribution in [0, 0.1) is 29.1 Å². The van der Waals surface area contributed by atoms with Gasteiger partial charge in [-0.25, -0.2) is 0 Å². The van der Waals surface area contributed by atoms with Crippen molar-refractivity contribution in [2.45, 2.75) is 145 Å². The first-order chi connectivity index (χ1) is 12.8. The van der Waals surface area contributed by atoms with Crippen molar-refractivity contribution in [1.82, 2.24) is 0 Å². The monoisotopic (exact) mass is 380 g/mol. The third-order valence-corrected chi connectivity index (χ3v) is 7.45. The Balaban J connectivity index is 4.86. The Morgan fingerprint density at radius 1 is 0.630 bits per heavy atom. The molecule has 0 aliphatic rings. The van der Waals surface area contributed by atoms with Crippen LogP contribution in [0.5, 0.6) is 0 Å². The lowest BCUT2D eigenvalue weighted by atomic mass is 9.63. The lowest BCUT2D eigenvalue weighted by Crippen LogP contribution is -2.32. The Labute approximate surface area is 174 Å². The zero-order chi connectivity index (χ0) is 20.7. The summed E-state index contributed by atoms with van der Waals surface area (Å²) in [6.45, 7) is 19.6. The van der Waals surface area contributed by atoms with Crippen molar-refractivity contribution in [3.63, 3.8) is 0 Å². The van der Waals surface area contributed by atoms with Gasteiger partial charge in [0.15, 0.2) is 0 Å². The molecular weight excluding hydrogens is 324 g/mol. The van der Waals surface area contributed by atoms with E-state index in [4.69, 9.17) is 0 Å². The Morgan fingerprint density at radius 2 is 1.26 bits per heavy atom. The molecule has 0 saturated heterocycles. The SMILES string of the molecule is CCCCCCCCC(C(C)CCC(C)C)C(C)(CC)CCC(C)CCC. The van der Waals surface area contributed by atoms with Gasteiger partial charge in [0.2, 0.25) is 0 Å². The number of rotatable bonds is 18. The molecule has 0 spiro atoms. The molecule has 0 nitrogen and oxygen atoms in total. The van der Waals surface area contributed by atoms with Crippen molar-refractivity contribution in [2.75, 3.05) is 0 Å². The van der Waals surface area contributed by atoms with E-state index in [1.165, 1.54) is 89.9 Å². The Hall–Kier alpha value is 0. The molecule has 4 atom stereocenters. The maximum Gasteiger partial charge on any atom is -0.0298 e. The van der Waals surface area contributed by atoms with Crippen LogP contribution in [0.1, 0.15) is 145 Å². The van der Waals surface area contributed by atoms with Gasteiger partial charge in [-0.3, -0.25) is 0 Å². The highest BCUT2D eigenvalue weighted by Crippen LogP contribution is 2.45. The van der Waals surface area contributed by atoms with Crippen molar-refractivity contribution in [1.29, 1.82) is 0 Å². The van der Waals surface area contributed by atoms with Gasteiger partial charge in [-0.05, 0) is 41.9 Å². The van der Waals surface area contributed by atoms with Crippen molar-refractivity contribution < 1.29 is 0 Å². The van der Waals surface area contributed by atoms with Crippen molar-refractivity contribution in [3.05, 3.63) is 0 Å². The van der Waals surface area contributed by atoms with Crippen LogP contribution in [-0.2, 0) is 0 Å². The molecule has 164 valence electrons. The second kappa shape index (κ2) is 15.9. The lowest BCUT2D eigenvalue weighted by Gasteiger charge is -2.42. The molecule has 0 amide bonds. The van der Waals surface area contributed by atoms with E-state index in [2.05, 4.69) is 55.4 Å². The minimum atomic E-state index is 0.543. The van der Waals surface area contributed by atoms with Crippen LogP contribution in [-0.4, -0.2) is 0 Å². The van der Waals surface area contributed by atoms with Gasteiger partial charge in [0.25, 0.3) is 0 Å². The summed E-state index contributed by atoms with van der Waals surface area (Å²) in [6, 6.07) is 0. The summed E-state index contributed by atoms with van der Waals surface area (Å²) in [4.78, 5) is 0. The molecule has 0 N–H and O–H groups in total. The van der Waals surface area contributed by atoms with E-state index < -0.39 is 0 Å². The second-order valence-corrected chi connectivity index (χ2v) is 10.6. The molecule has 4 unspecified atom stereocenters. The average Bonchev–Trinajstić information content (AvgIpc) is 2.64. The minimum Gasteiger partial charge on any atom is -0.0654 e. The fourth-order valence-electron chi connectivity index (χ4n) is 5.10. The van der Waals surface area contributed by atoms with Crippen LogP contribution in [0.3, 0.4) is 0 Å². The molecule has 0 aromatic carbocycles. The summed E-state index contributed by atoms with van der Waals surface area (Å²) in [5, 5.41) is 0. The smallest absolute Gasteiger partial charge is 0.0298 e. The Kier molecular flexibility index (Phi) is 15.9. The van der Waals surface area contributed by atoms with Crippen LogP contribution in [0.4, 0.5) is 0 Å². The summed E-state index contributed by atoms with van der Waals surface area (Å²) in [5.74, 6) is 3.55. The van der Waals surface area contributed by atoms with E-state index in [1.807, 2.05) is 0 Å². The van der Waals surface area contributed by atoms with E-state index in [-0.39, 0.29) is 0 Å². The molecule has 0 aromatic heterocycles. The van der Waals surface area contributed by atoms with Gasteiger partial charge >= 0.3 is 0 Å². The van der Waals surface area contributed by atoms with Gasteiger partial charge < -0.3 is 0 Å². The maximum atomic E-state index is 2.64. The quantitative estimate of drug-likeness (QED) is 0.207. The molecule has 0 aliphatic carbocycles. The van der Waals surface area contributed by atoms with Crippen LogP contribution in [0.2, 0.25) is 0 Å². The molecule has 0 saturated carbocycles. The first-order valence-electron chi connectivity index (χ1n) is 12.8. The molecule has 0 heteroatoms. The third-order valence-electron chi connectivity index (χ3n) is 7.45. The van der Waals surface area contributed by atoms with Gasteiger partial charge in [0.1, 0.15) is 0 Å². The van der Waals surface area contributed by atoms with E-state index in [1.54, 1.807) is 0 Å². The van der Waals surface area contributed by atoms with Crippen LogP contribution in [0.15, 0.2) is 0 Å². The minimum absolute atomic E-state index is 0.543. The first kappa shape index (κ1) is 27.0. The number of unbranched alkanes of at least 4 members (excludes halogenated alkanes) is 5. The summed E-state index contributed by atoms with van der Waals surface area (Å²) < 4.78 is 0. The van der Waals surface area contributed by atoms with Crippen molar-refractivity contribution >= 4 is 0 Å². The molecule has 0 bridgehead atoms.